The molecule has 20 nitrogen and oxygen atoms in total. The summed E-state index contributed by atoms with van der Waals surface area (Å²) in [5.41, 5.74) is 14.5. The number of fused-ring (bicyclic) bond motifs is 2. The van der Waals surface area contributed by atoms with Gasteiger partial charge in [0.15, 0.2) is 23.3 Å². The number of hydrazine groups is 1. The number of amides is 2. The molecule has 0 fully saturated rings. The number of primary amides is 2. The summed E-state index contributed by atoms with van der Waals surface area (Å²) in [6.45, 7) is 4.40. The van der Waals surface area contributed by atoms with E-state index >= 15 is 0 Å². The second-order valence-corrected chi connectivity index (χ2v) is 20.4. The normalized spacial score (nSPS) is 12.4. The zero-order chi connectivity index (χ0) is 52.4. The molecule has 24 heteroatoms. The molecule has 0 aliphatic heterocycles. The van der Waals surface area contributed by atoms with Crippen LogP contribution in [0.1, 0.15) is 19.4 Å². The van der Waals surface area contributed by atoms with E-state index in [-0.39, 0.29) is 60.0 Å². The lowest BCUT2D eigenvalue weighted by Gasteiger charge is -2.43. The Morgan fingerprint density at radius 2 is 0.973 bits per heavy atom. The third kappa shape index (κ3) is 11.0. The van der Waals surface area contributed by atoms with Gasteiger partial charge in [-0.1, -0.05) is 59.6 Å². The lowest BCUT2D eigenvalue weighted by atomic mass is 10.1. The molecule has 0 unspecified atom stereocenters. The summed E-state index contributed by atoms with van der Waals surface area (Å²) < 4.78 is 74.2. The zero-order valence-electron chi connectivity index (χ0n) is 39.5. The quantitative estimate of drug-likeness (QED) is 0.0416. The Bertz CT molecular complexity index is 3690. The number of carbonyl (C=O) groups is 2. The summed E-state index contributed by atoms with van der Waals surface area (Å²) in [6, 6.07) is 30.4. The van der Waals surface area contributed by atoms with Crippen molar-refractivity contribution in [2.75, 3.05) is 44.3 Å². The molecule has 376 valence electrons. The number of rotatable bonds is 19. The molecular formula is C49H46Cl2N12O8S2. The fraction of sp³-hybridized carbons (Fsp3) is 0.143. The highest BCUT2D eigenvalue weighted by molar-refractivity contribution is 7.93. The van der Waals surface area contributed by atoms with Gasteiger partial charge in [-0.05, 0) is 105 Å². The van der Waals surface area contributed by atoms with E-state index in [1.54, 1.807) is 91.9 Å². The number of para-hydroxylation sites is 4. The number of carbonyl (C=O) groups excluding carboxylic acids is 2. The van der Waals surface area contributed by atoms with E-state index in [0.29, 0.717) is 44.9 Å². The number of nitrogens with zero attached hydrogens (tertiary/aromatic N) is 6. The molecule has 6 aromatic carbocycles. The predicted molar refractivity (Wildman–Crippen MR) is 283 cm³/mol. The van der Waals surface area contributed by atoms with Gasteiger partial charge >= 0.3 is 0 Å². The summed E-state index contributed by atoms with van der Waals surface area (Å²) in [5, 5.41) is 9.22. The number of hydrogen-bond acceptors (Lipinski definition) is 16. The highest BCUT2D eigenvalue weighted by atomic mass is 35.5. The van der Waals surface area contributed by atoms with E-state index in [4.69, 9.17) is 44.1 Å². The molecule has 0 saturated carbocycles. The average molecular weight is 1070 g/mol. The minimum Gasteiger partial charge on any atom is -0.497 e. The maximum atomic E-state index is 14.7. The average Bonchev–Trinajstić information content (AvgIpc) is 3.36. The number of methoxy groups -OCH3 is 2. The maximum Gasteiger partial charge on any atom is 0.263 e. The third-order valence-electron chi connectivity index (χ3n) is 11.4. The first kappa shape index (κ1) is 51.2. The Kier molecular flexibility index (Phi) is 14.6. The third-order valence-corrected chi connectivity index (χ3v) is 14.8. The summed E-state index contributed by atoms with van der Waals surface area (Å²) in [6.07, 6.45) is 0. The van der Waals surface area contributed by atoms with Crippen molar-refractivity contribution in [1.82, 2.24) is 19.9 Å². The predicted octanol–water partition coefficient (Wildman–Crippen LogP) is 8.27. The first-order chi connectivity index (χ1) is 34.8. The Morgan fingerprint density at radius 1 is 0.548 bits per heavy atom. The van der Waals surface area contributed by atoms with E-state index in [0.717, 1.165) is 0 Å². The SMILES string of the molecule is COc1ccc(Cl)c(Nc2nc3ccccc3nc2NS(=O)(=O)c2cccc(N([C@@H](C)C(N)=O)N(c3ccc(C)c(S(=O)(=O)Nc4nc5ccccc5nc4Nc4cc(OC)ccc4Cl)c3)[C@H](C)C(N)=O)c2)c1. The first-order valence-corrected chi connectivity index (χ1v) is 25.7. The monoisotopic (exact) mass is 1060 g/mol. The van der Waals surface area contributed by atoms with Crippen LogP contribution >= 0.6 is 23.2 Å². The zero-order valence-corrected chi connectivity index (χ0v) is 42.6. The molecule has 8 aromatic rings. The van der Waals surface area contributed by atoms with E-state index < -0.39 is 43.9 Å². The van der Waals surface area contributed by atoms with E-state index in [2.05, 4.69) is 40.0 Å². The van der Waals surface area contributed by atoms with Crippen molar-refractivity contribution in [3.63, 3.8) is 0 Å². The van der Waals surface area contributed by atoms with Gasteiger partial charge in [0.2, 0.25) is 11.8 Å². The fourth-order valence-electron chi connectivity index (χ4n) is 7.52. The number of halogens is 2. The molecule has 2 atom stereocenters. The van der Waals surface area contributed by atoms with Crippen LogP contribution in [0.5, 0.6) is 11.5 Å². The van der Waals surface area contributed by atoms with Gasteiger partial charge in [-0.25, -0.2) is 36.8 Å². The van der Waals surface area contributed by atoms with Crippen LogP contribution in [0.25, 0.3) is 22.1 Å². The van der Waals surface area contributed by atoms with Gasteiger partial charge in [0.05, 0.1) is 78.9 Å². The molecule has 2 amide bonds. The number of nitrogens with two attached hydrogens (primary N) is 2. The van der Waals surface area contributed by atoms with Crippen LogP contribution in [0.3, 0.4) is 0 Å². The van der Waals surface area contributed by atoms with Crippen LogP contribution < -0.4 is 51.0 Å². The Balaban J connectivity index is 1.19. The molecule has 2 heterocycles. The van der Waals surface area contributed by atoms with Crippen LogP contribution in [0, 0.1) is 6.92 Å². The Hall–Kier alpha value is -8.18. The highest BCUT2D eigenvalue weighted by Gasteiger charge is 2.34. The van der Waals surface area contributed by atoms with Crippen molar-refractivity contribution in [2.45, 2.75) is 42.6 Å². The van der Waals surface area contributed by atoms with E-state index in [1.165, 1.54) is 80.5 Å². The van der Waals surface area contributed by atoms with Gasteiger partial charge in [0.25, 0.3) is 20.0 Å². The van der Waals surface area contributed by atoms with Crippen molar-refractivity contribution in [3.8, 4) is 11.5 Å². The van der Waals surface area contributed by atoms with Gasteiger partial charge in [-0.15, -0.1) is 0 Å². The summed E-state index contributed by atoms with van der Waals surface area (Å²) >= 11 is 13.0. The van der Waals surface area contributed by atoms with Crippen LogP contribution in [-0.2, 0) is 29.6 Å². The lowest BCUT2D eigenvalue weighted by Crippen LogP contribution is -2.59. The molecule has 73 heavy (non-hydrogen) atoms. The van der Waals surface area contributed by atoms with Gasteiger partial charge in [0, 0.05) is 12.1 Å². The number of nitrogens with one attached hydrogen (secondary N) is 4. The lowest BCUT2D eigenvalue weighted by molar-refractivity contribution is -0.120. The standard InChI is InChI=1S/C49H46Cl2N12O8S2/c1-27-17-18-31(24-43(27)73(68,69)61-49-47(55-38-14-7-9-16-40(38)57-49)59-42-26-33(71-5)20-22-36(42)51)63(29(3)45(53)65)62(28(2)44(52)64)30-11-10-12-34(23-30)72(66,67)60-48-46(54-37-13-6-8-15-39(37)56-48)58-41-25-32(70-4)19-21-35(41)50/h6-26,28-29H,1-5H3,(H2,52,64)(H2,53,65)(H,54,58)(H,55,59)(H,56,60)(H,57,61)/t28-,29+/m0/s1. The largest absolute Gasteiger partial charge is 0.497 e. The van der Waals surface area contributed by atoms with Crippen molar-refractivity contribution in [2.24, 2.45) is 11.5 Å². The van der Waals surface area contributed by atoms with Crippen LogP contribution in [0.4, 0.5) is 46.0 Å². The highest BCUT2D eigenvalue weighted by Crippen LogP contribution is 2.37. The molecule has 0 aliphatic carbocycles. The first-order valence-electron chi connectivity index (χ1n) is 21.9. The fourth-order valence-corrected chi connectivity index (χ4v) is 10.2. The number of anilines is 8. The number of hydrogen-bond donors (Lipinski definition) is 6. The summed E-state index contributed by atoms with van der Waals surface area (Å²) in [7, 11) is -6.21. The smallest absolute Gasteiger partial charge is 0.263 e. The number of ether oxygens (including phenoxy) is 2. The topological polar surface area (TPSA) is 279 Å². The summed E-state index contributed by atoms with van der Waals surface area (Å²) in [5.74, 6) is -1.27. The maximum absolute atomic E-state index is 14.7. The van der Waals surface area contributed by atoms with E-state index in [1.807, 2.05) is 0 Å². The van der Waals surface area contributed by atoms with Gasteiger partial charge in [-0.3, -0.25) is 29.1 Å². The second kappa shape index (κ2) is 20.9. The number of aromatic nitrogens is 4. The van der Waals surface area contributed by atoms with Crippen molar-refractivity contribution in [3.05, 3.63) is 143 Å². The Morgan fingerprint density at radius 3 is 1.41 bits per heavy atom. The van der Waals surface area contributed by atoms with E-state index in [9.17, 15) is 26.4 Å². The molecule has 0 spiro atoms. The molecular weight excluding hydrogens is 1020 g/mol. The van der Waals surface area contributed by atoms with Gasteiger partial charge in [-0.2, -0.15) is 0 Å². The van der Waals surface area contributed by atoms with Crippen LogP contribution in [-0.4, -0.2) is 74.9 Å². The van der Waals surface area contributed by atoms with Gasteiger partial charge in [0.1, 0.15) is 23.6 Å². The number of sulfonamides is 2. The Labute approximate surface area is 429 Å². The second-order valence-electron chi connectivity index (χ2n) is 16.3. The molecule has 8 rings (SSSR count). The van der Waals surface area contributed by atoms with Crippen molar-refractivity contribution < 1.29 is 35.9 Å². The van der Waals surface area contributed by atoms with Crippen LogP contribution in [0.2, 0.25) is 10.0 Å². The van der Waals surface area contributed by atoms with Gasteiger partial charge < -0.3 is 31.6 Å². The molecule has 0 radical (unpaired) electrons. The molecule has 0 saturated heterocycles. The van der Waals surface area contributed by atoms with Crippen molar-refractivity contribution >= 4 is 123 Å². The number of aryl methyl sites for hydroxylation is 1. The molecule has 8 N–H and O–H groups in total. The van der Waals surface area contributed by atoms with Crippen LogP contribution in [0.15, 0.2) is 137 Å². The van der Waals surface area contributed by atoms with Crippen molar-refractivity contribution in [1.29, 1.82) is 0 Å². The molecule has 2 aromatic heterocycles. The molecule has 0 bridgehead atoms. The number of benzene rings is 6. The molecule has 0 aliphatic rings. The minimum absolute atomic E-state index is 0.0000370. The summed E-state index contributed by atoms with van der Waals surface area (Å²) in [4.78, 5) is 44.4. The minimum atomic E-state index is -4.60.